The molecule has 0 saturated carbocycles. The summed E-state index contributed by atoms with van der Waals surface area (Å²) in [5.74, 6) is -0.253. The number of carbonyl (C=O) groups excluding carboxylic acids is 1. The van der Waals surface area contributed by atoms with Crippen molar-refractivity contribution in [2.75, 3.05) is 26.8 Å². The van der Waals surface area contributed by atoms with Gasteiger partial charge < -0.3 is 15.8 Å². The number of nitrogens with two attached hydrogens (primary N) is 1. The van der Waals surface area contributed by atoms with Crippen LogP contribution in [0.3, 0.4) is 0 Å². The number of ether oxygens (including phenoxy) is 1. The normalized spacial score (nSPS) is 12.9. The van der Waals surface area contributed by atoms with Gasteiger partial charge in [0.2, 0.25) is 10.0 Å². The average Bonchev–Trinajstić information content (AvgIpc) is 2.47. The molecular weight excluding hydrogens is 306 g/mol. The highest BCUT2D eigenvalue weighted by Gasteiger charge is 2.14. The van der Waals surface area contributed by atoms with Crippen LogP contribution >= 0.6 is 0 Å². The van der Waals surface area contributed by atoms with Crippen molar-refractivity contribution < 1.29 is 17.9 Å². The van der Waals surface area contributed by atoms with E-state index in [0.717, 1.165) is 0 Å². The Labute approximate surface area is 131 Å². The summed E-state index contributed by atoms with van der Waals surface area (Å²) in [4.78, 5) is 12.0. The third-order valence-corrected chi connectivity index (χ3v) is 4.39. The van der Waals surface area contributed by atoms with Crippen LogP contribution in [0.2, 0.25) is 0 Å². The Morgan fingerprint density at radius 1 is 1.27 bits per heavy atom. The molecule has 22 heavy (non-hydrogen) atoms. The Morgan fingerprint density at radius 2 is 1.91 bits per heavy atom. The number of amides is 1. The molecule has 4 N–H and O–H groups in total. The molecule has 0 aliphatic carbocycles. The third kappa shape index (κ3) is 6.10. The fourth-order valence-electron chi connectivity index (χ4n) is 1.66. The molecule has 0 aromatic heterocycles. The van der Waals surface area contributed by atoms with Crippen molar-refractivity contribution >= 4 is 15.9 Å². The summed E-state index contributed by atoms with van der Waals surface area (Å²) in [6.45, 7) is 2.83. The summed E-state index contributed by atoms with van der Waals surface area (Å²) < 4.78 is 31.1. The van der Waals surface area contributed by atoms with Crippen LogP contribution in [0.25, 0.3) is 0 Å². The lowest BCUT2D eigenvalue weighted by molar-refractivity contribution is 0.0952. The Morgan fingerprint density at radius 3 is 2.45 bits per heavy atom. The topological polar surface area (TPSA) is 111 Å². The number of hydrogen-bond acceptors (Lipinski definition) is 5. The van der Waals surface area contributed by atoms with E-state index in [1.165, 1.54) is 31.4 Å². The monoisotopic (exact) mass is 329 g/mol. The maximum absolute atomic E-state index is 12.0. The molecule has 0 radical (unpaired) electrons. The van der Waals surface area contributed by atoms with Gasteiger partial charge >= 0.3 is 0 Å². The van der Waals surface area contributed by atoms with Crippen molar-refractivity contribution in [3.8, 4) is 0 Å². The number of nitrogens with one attached hydrogen (secondary N) is 2. The molecule has 124 valence electrons. The van der Waals surface area contributed by atoms with E-state index in [9.17, 15) is 13.2 Å². The van der Waals surface area contributed by atoms with Gasteiger partial charge in [0.25, 0.3) is 5.91 Å². The molecule has 1 amide bonds. The molecule has 0 heterocycles. The molecule has 7 nitrogen and oxygen atoms in total. The van der Waals surface area contributed by atoms with Crippen LogP contribution < -0.4 is 15.8 Å². The van der Waals surface area contributed by atoms with Gasteiger partial charge in [-0.25, -0.2) is 13.1 Å². The van der Waals surface area contributed by atoms with Crippen LogP contribution in [-0.4, -0.2) is 47.2 Å². The second-order valence-corrected chi connectivity index (χ2v) is 6.70. The van der Waals surface area contributed by atoms with Gasteiger partial charge in [-0.1, -0.05) is 0 Å². The SMILES string of the molecule is COCCNS(=O)(=O)c1ccc(C(=O)NCCC(C)N)cc1. The summed E-state index contributed by atoms with van der Waals surface area (Å²) in [6, 6.07) is 5.77. The van der Waals surface area contributed by atoms with E-state index in [2.05, 4.69) is 10.0 Å². The van der Waals surface area contributed by atoms with E-state index in [1.807, 2.05) is 6.92 Å². The lowest BCUT2D eigenvalue weighted by Crippen LogP contribution is -2.29. The largest absolute Gasteiger partial charge is 0.383 e. The van der Waals surface area contributed by atoms with E-state index in [0.29, 0.717) is 25.1 Å². The predicted molar refractivity (Wildman–Crippen MR) is 84.1 cm³/mol. The second kappa shape index (κ2) is 8.84. The molecule has 1 aromatic carbocycles. The zero-order chi connectivity index (χ0) is 16.6. The molecule has 0 aliphatic rings. The number of benzene rings is 1. The van der Waals surface area contributed by atoms with Crippen LogP contribution in [0.1, 0.15) is 23.7 Å². The van der Waals surface area contributed by atoms with Crippen molar-refractivity contribution in [1.29, 1.82) is 0 Å². The zero-order valence-corrected chi connectivity index (χ0v) is 13.7. The summed E-state index contributed by atoms with van der Waals surface area (Å²) in [7, 11) is -2.09. The third-order valence-electron chi connectivity index (χ3n) is 2.91. The highest BCUT2D eigenvalue weighted by atomic mass is 32.2. The van der Waals surface area contributed by atoms with Gasteiger partial charge in [-0.2, -0.15) is 0 Å². The Bertz CT molecular complexity index is 570. The van der Waals surface area contributed by atoms with Crippen molar-refractivity contribution in [3.05, 3.63) is 29.8 Å². The van der Waals surface area contributed by atoms with Crippen LogP contribution in [0.4, 0.5) is 0 Å². The number of rotatable bonds is 9. The molecule has 0 fully saturated rings. The summed E-state index contributed by atoms with van der Waals surface area (Å²) >= 11 is 0. The minimum atomic E-state index is -3.58. The van der Waals surface area contributed by atoms with E-state index in [4.69, 9.17) is 10.5 Å². The van der Waals surface area contributed by atoms with Crippen LogP contribution in [-0.2, 0) is 14.8 Å². The minimum Gasteiger partial charge on any atom is -0.383 e. The van der Waals surface area contributed by atoms with Crippen LogP contribution in [0.15, 0.2) is 29.2 Å². The van der Waals surface area contributed by atoms with Crippen LogP contribution in [0.5, 0.6) is 0 Å². The summed E-state index contributed by atoms with van der Waals surface area (Å²) in [5.41, 5.74) is 6.00. The molecule has 0 spiro atoms. The number of sulfonamides is 1. The van der Waals surface area contributed by atoms with Gasteiger partial charge in [-0.05, 0) is 37.6 Å². The molecular formula is C14H23N3O4S. The van der Waals surface area contributed by atoms with Crippen molar-refractivity contribution in [3.63, 3.8) is 0 Å². The lowest BCUT2D eigenvalue weighted by atomic mass is 10.2. The summed E-state index contributed by atoms with van der Waals surface area (Å²) in [5, 5.41) is 2.73. The van der Waals surface area contributed by atoms with Gasteiger partial charge in [0.1, 0.15) is 0 Å². The standard InChI is InChI=1S/C14H23N3O4S/c1-11(15)7-8-16-14(18)12-3-5-13(6-4-12)22(19,20)17-9-10-21-2/h3-6,11,17H,7-10,15H2,1-2H3,(H,16,18). The van der Waals surface area contributed by atoms with E-state index >= 15 is 0 Å². The summed E-state index contributed by atoms with van der Waals surface area (Å²) in [6.07, 6.45) is 0.682. The van der Waals surface area contributed by atoms with E-state index < -0.39 is 10.0 Å². The van der Waals surface area contributed by atoms with E-state index in [1.54, 1.807) is 0 Å². The van der Waals surface area contributed by atoms with Crippen LogP contribution in [0, 0.1) is 0 Å². The number of carbonyl (C=O) groups is 1. The Balaban J connectivity index is 2.64. The molecule has 1 atom stereocenters. The minimum absolute atomic E-state index is 0.0194. The lowest BCUT2D eigenvalue weighted by Gasteiger charge is -2.09. The smallest absolute Gasteiger partial charge is 0.251 e. The predicted octanol–water partition coefficient (Wildman–Crippen LogP) is 0.0784. The van der Waals surface area contributed by atoms with E-state index in [-0.39, 0.29) is 23.4 Å². The maximum atomic E-state index is 12.0. The first kappa shape index (κ1) is 18.6. The van der Waals surface area contributed by atoms with Gasteiger partial charge in [0, 0.05) is 31.8 Å². The first-order valence-electron chi connectivity index (χ1n) is 6.99. The molecule has 8 heteroatoms. The Hall–Kier alpha value is -1.48. The van der Waals surface area contributed by atoms with Gasteiger partial charge in [0.15, 0.2) is 0 Å². The highest BCUT2D eigenvalue weighted by Crippen LogP contribution is 2.10. The molecule has 1 rings (SSSR count). The fraction of sp³-hybridized carbons (Fsp3) is 0.500. The van der Waals surface area contributed by atoms with Gasteiger partial charge in [0.05, 0.1) is 11.5 Å². The number of methoxy groups -OCH3 is 1. The van der Waals surface area contributed by atoms with Crippen molar-refractivity contribution in [2.45, 2.75) is 24.3 Å². The Kier molecular flexibility index (Phi) is 7.46. The fourth-order valence-corrected chi connectivity index (χ4v) is 2.68. The van der Waals surface area contributed by atoms with Crippen molar-refractivity contribution in [2.24, 2.45) is 5.73 Å². The second-order valence-electron chi connectivity index (χ2n) is 4.94. The molecule has 0 saturated heterocycles. The van der Waals surface area contributed by atoms with Crippen molar-refractivity contribution in [1.82, 2.24) is 10.0 Å². The first-order chi connectivity index (χ1) is 10.4. The van der Waals surface area contributed by atoms with Gasteiger partial charge in [-0.15, -0.1) is 0 Å². The van der Waals surface area contributed by atoms with Gasteiger partial charge in [-0.3, -0.25) is 4.79 Å². The molecule has 1 unspecified atom stereocenters. The molecule has 0 bridgehead atoms. The zero-order valence-electron chi connectivity index (χ0n) is 12.8. The molecule has 1 aromatic rings. The quantitative estimate of drug-likeness (QED) is 0.556. The molecule has 0 aliphatic heterocycles. The first-order valence-corrected chi connectivity index (χ1v) is 8.47. The number of hydrogen-bond donors (Lipinski definition) is 3. The highest BCUT2D eigenvalue weighted by molar-refractivity contribution is 7.89. The maximum Gasteiger partial charge on any atom is 0.251 e. The average molecular weight is 329 g/mol.